The lowest BCUT2D eigenvalue weighted by atomic mass is 9.83. The molecule has 2 rings (SSSR count). The second kappa shape index (κ2) is 8.04. The second-order valence-corrected chi connectivity index (χ2v) is 4.78. The van der Waals surface area contributed by atoms with Crippen molar-refractivity contribution in [2.75, 3.05) is 7.11 Å². The van der Waals surface area contributed by atoms with E-state index in [0.717, 1.165) is 37.5 Å². The lowest BCUT2D eigenvalue weighted by Crippen LogP contribution is -2.41. The monoisotopic (exact) mass is 310 g/mol. The van der Waals surface area contributed by atoms with Gasteiger partial charge in [0, 0.05) is 25.6 Å². The fourth-order valence-electron chi connectivity index (χ4n) is 2.71. The first-order chi connectivity index (χ1) is 8.15. The summed E-state index contributed by atoms with van der Waals surface area (Å²) in [6.45, 7) is 4.91. The van der Waals surface area contributed by atoms with Crippen molar-refractivity contribution in [2.24, 2.45) is 5.73 Å². The third-order valence-electron chi connectivity index (χ3n) is 3.61. The van der Waals surface area contributed by atoms with Gasteiger partial charge in [-0.15, -0.1) is 24.8 Å². The Hall–Kier alpha value is -0.360. The van der Waals surface area contributed by atoms with E-state index in [2.05, 4.69) is 17.0 Å². The Balaban J connectivity index is 0.00000162. The average Bonchev–Trinajstić information content (AvgIpc) is 2.70. The smallest absolute Gasteiger partial charge is 0.147 e. The van der Waals surface area contributed by atoms with Gasteiger partial charge in [-0.05, 0) is 33.1 Å². The summed E-state index contributed by atoms with van der Waals surface area (Å²) in [6.07, 6.45) is 3.24. The zero-order chi connectivity index (χ0) is 12.4. The molecule has 3 atom stereocenters. The number of hydrogen-bond donors (Lipinski definition) is 1. The van der Waals surface area contributed by atoms with Crippen molar-refractivity contribution < 1.29 is 4.74 Å². The van der Waals surface area contributed by atoms with Crippen LogP contribution in [0.5, 0.6) is 0 Å². The van der Waals surface area contributed by atoms with Gasteiger partial charge in [-0.1, -0.05) is 0 Å². The Morgan fingerprint density at radius 2 is 2.05 bits per heavy atom. The lowest BCUT2D eigenvalue weighted by Gasteiger charge is -2.32. The highest BCUT2D eigenvalue weighted by molar-refractivity contribution is 5.85. The molecule has 2 N–H and O–H groups in total. The van der Waals surface area contributed by atoms with Crippen molar-refractivity contribution in [1.29, 1.82) is 0 Å². The van der Waals surface area contributed by atoms with Crippen molar-refractivity contribution in [2.45, 2.75) is 57.7 Å². The van der Waals surface area contributed by atoms with Crippen LogP contribution < -0.4 is 5.73 Å². The fraction of sp³-hybridized carbons (Fsp3) is 0.833. The van der Waals surface area contributed by atoms with Gasteiger partial charge in [-0.2, -0.15) is 5.10 Å². The second-order valence-electron chi connectivity index (χ2n) is 4.78. The van der Waals surface area contributed by atoms with Crippen molar-refractivity contribution in [3.05, 3.63) is 11.6 Å². The van der Waals surface area contributed by atoms with E-state index in [0.29, 0.717) is 5.92 Å². The first-order valence-corrected chi connectivity index (χ1v) is 6.35. The molecule has 1 saturated carbocycles. The van der Waals surface area contributed by atoms with Gasteiger partial charge in [-0.3, -0.25) is 0 Å². The highest BCUT2D eigenvalue weighted by atomic mass is 35.5. The molecule has 0 amide bonds. The van der Waals surface area contributed by atoms with Crippen LogP contribution in [0.15, 0.2) is 0 Å². The molecule has 0 unspecified atom stereocenters. The number of hydrogen-bond acceptors (Lipinski definition) is 4. The number of halogens is 2. The predicted molar refractivity (Wildman–Crippen MR) is 80.3 cm³/mol. The van der Waals surface area contributed by atoms with Crippen LogP contribution in [0.4, 0.5) is 0 Å². The van der Waals surface area contributed by atoms with Gasteiger partial charge in [0.2, 0.25) is 0 Å². The van der Waals surface area contributed by atoms with Gasteiger partial charge in [0.1, 0.15) is 11.6 Å². The molecule has 1 aromatic heterocycles. The maximum atomic E-state index is 6.13. The van der Waals surface area contributed by atoms with E-state index in [-0.39, 0.29) is 37.0 Å². The summed E-state index contributed by atoms with van der Waals surface area (Å²) in [4.78, 5) is 4.55. The molecular weight excluding hydrogens is 287 g/mol. The van der Waals surface area contributed by atoms with Gasteiger partial charge in [0.05, 0.1) is 6.10 Å². The van der Waals surface area contributed by atoms with Crippen LogP contribution in [0.2, 0.25) is 0 Å². The van der Waals surface area contributed by atoms with Crippen molar-refractivity contribution in [1.82, 2.24) is 14.8 Å². The molecule has 1 aliphatic carbocycles. The van der Waals surface area contributed by atoms with Gasteiger partial charge in [0.15, 0.2) is 0 Å². The normalized spacial score (nSPS) is 26.4. The van der Waals surface area contributed by atoms with Crippen molar-refractivity contribution in [3.63, 3.8) is 0 Å². The summed E-state index contributed by atoms with van der Waals surface area (Å²) in [5.74, 6) is 2.37. The maximum absolute atomic E-state index is 6.13. The molecular formula is C12H24Cl2N4O. The SMILES string of the molecule is CCn1nc(C)nc1[C@H]1CC[C@@H](OC)[C@H](N)C1.Cl.Cl. The molecule has 1 heterocycles. The van der Waals surface area contributed by atoms with Gasteiger partial charge < -0.3 is 10.5 Å². The van der Waals surface area contributed by atoms with E-state index in [9.17, 15) is 0 Å². The summed E-state index contributed by atoms with van der Waals surface area (Å²) >= 11 is 0. The molecule has 7 heteroatoms. The van der Waals surface area contributed by atoms with Crippen LogP contribution in [0.1, 0.15) is 43.8 Å². The van der Waals surface area contributed by atoms with E-state index in [1.165, 1.54) is 0 Å². The quantitative estimate of drug-likeness (QED) is 0.928. The molecule has 1 fully saturated rings. The predicted octanol–water partition coefficient (Wildman–Crippen LogP) is 2.06. The van der Waals surface area contributed by atoms with E-state index >= 15 is 0 Å². The first-order valence-electron chi connectivity index (χ1n) is 6.35. The molecule has 0 aromatic carbocycles. The summed E-state index contributed by atoms with van der Waals surface area (Å²) in [6, 6.07) is 0.112. The van der Waals surface area contributed by atoms with E-state index in [1.54, 1.807) is 7.11 Å². The summed E-state index contributed by atoms with van der Waals surface area (Å²) in [5, 5.41) is 4.40. The van der Waals surface area contributed by atoms with Crippen LogP contribution in [0.25, 0.3) is 0 Å². The average molecular weight is 311 g/mol. The molecule has 0 radical (unpaired) electrons. The maximum Gasteiger partial charge on any atom is 0.147 e. The zero-order valence-corrected chi connectivity index (χ0v) is 13.3. The number of aromatic nitrogens is 3. The standard InChI is InChI=1S/C12H22N4O.2ClH/c1-4-16-12(14-8(2)15-16)9-5-6-11(17-3)10(13)7-9;;/h9-11H,4-7,13H2,1-3H3;2*1H/t9-,10+,11+;;/m0../s1. The van der Waals surface area contributed by atoms with E-state index < -0.39 is 0 Å². The highest BCUT2D eigenvalue weighted by Crippen LogP contribution is 2.32. The molecule has 19 heavy (non-hydrogen) atoms. The lowest BCUT2D eigenvalue weighted by molar-refractivity contribution is 0.0480. The molecule has 0 bridgehead atoms. The van der Waals surface area contributed by atoms with Crippen LogP contribution in [0, 0.1) is 6.92 Å². The first kappa shape index (κ1) is 18.6. The van der Waals surface area contributed by atoms with Gasteiger partial charge in [-0.25, -0.2) is 9.67 Å². The third kappa shape index (κ3) is 4.05. The van der Waals surface area contributed by atoms with Crippen LogP contribution in [-0.2, 0) is 11.3 Å². The van der Waals surface area contributed by atoms with Gasteiger partial charge >= 0.3 is 0 Å². The largest absolute Gasteiger partial charge is 0.380 e. The number of nitrogens with zero attached hydrogens (tertiary/aromatic N) is 3. The molecule has 0 saturated heterocycles. The molecule has 0 aliphatic heterocycles. The Morgan fingerprint density at radius 1 is 1.37 bits per heavy atom. The van der Waals surface area contributed by atoms with Crippen LogP contribution in [-0.4, -0.2) is 34.0 Å². The summed E-state index contributed by atoms with van der Waals surface area (Å²) in [7, 11) is 1.74. The third-order valence-corrected chi connectivity index (χ3v) is 3.61. The number of nitrogens with two attached hydrogens (primary N) is 1. The number of rotatable bonds is 3. The molecule has 0 spiro atoms. The van der Waals surface area contributed by atoms with Crippen molar-refractivity contribution in [3.8, 4) is 0 Å². The minimum atomic E-state index is 0. The van der Waals surface area contributed by atoms with Crippen LogP contribution >= 0.6 is 24.8 Å². The van der Waals surface area contributed by atoms with E-state index in [1.807, 2.05) is 11.6 Å². The number of ether oxygens (including phenoxy) is 1. The topological polar surface area (TPSA) is 66.0 Å². The van der Waals surface area contributed by atoms with Crippen LogP contribution in [0.3, 0.4) is 0 Å². The highest BCUT2D eigenvalue weighted by Gasteiger charge is 2.31. The Morgan fingerprint density at radius 3 is 2.58 bits per heavy atom. The van der Waals surface area contributed by atoms with Crippen molar-refractivity contribution >= 4 is 24.8 Å². The molecule has 5 nitrogen and oxygen atoms in total. The Labute approximate surface area is 127 Å². The van der Waals surface area contributed by atoms with Gasteiger partial charge in [0.25, 0.3) is 0 Å². The minimum absolute atomic E-state index is 0. The fourth-order valence-corrected chi connectivity index (χ4v) is 2.71. The molecule has 1 aromatic rings. The summed E-state index contributed by atoms with van der Waals surface area (Å²) in [5.41, 5.74) is 6.13. The molecule has 112 valence electrons. The number of methoxy groups -OCH3 is 1. The zero-order valence-electron chi connectivity index (χ0n) is 11.7. The number of aryl methyl sites for hydroxylation is 2. The Bertz CT molecular complexity index is 386. The van der Waals surface area contributed by atoms with E-state index in [4.69, 9.17) is 10.5 Å². The minimum Gasteiger partial charge on any atom is -0.380 e. The Kier molecular flexibility index (Phi) is 7.89. The summed E-state index contributed by atoms with van der Waals surface area (Å²) < 4.78 is 7.38. The molecule has 1 aliphatic rings.